The van der Waals surface area contributed by atoms with Gasteiger partial charge < -0.3 is 15.7 Å². The van der Waals surface area contributed by atoms with E-state index in [-0.39, 0.29) is 0 Å². The fraction of sp³-hybridized carbons (Fsp3) is 1.00. The number of hydrogen-bond donors (Lipinski definition) is 3. The van der Waals surface area contributed by atoms with E-state index < -0.39 is 0 Å². The Bertz CT molecular complexity index is 216. The fourth-order valence-electron chi connectivity index (χ4n) is 3.39. The molecule has 1 aliphatic carbocycles. The Morgan fingerprint density at radius 2 is 2.06 bits per heavy atom. The van der Waals surface area contributed by atoms with Crippen LogP contribution in [0, 0.1) is 11.8 Å². The topological polar surface area (TPSA) is 44.3 Å². The molecule has 1 heterocycles. The molecule has 100 valence electrons. The van der Waals surface area contributed by atoms with E-state index >= 15 is 0 Å². The molecule has 1 saturated heterocycles. The maximum Gasteiger partial charge on any atom is 0.0468 e. The van der Waals surface area contributed by atoms with Gasteiger partial charge in [-0.25, -0.2) is 0 Å². The molecule has 0 amide bonds. The maximum absolute atomic E-state index is 9.09. The summed E-state index contributed by atoms with van der Waals surface area (Å²) < 4.78 is 0. The summed E-state index contributed by atoms with van der Waals surface area (Å²) in [6.45, 7) is 4.58. The van der Waals surface area contributed by atoms with Gasteiger partial charge in [-0.1, -0.05) is 19.8 Å². The highest BCUT2D eigenvalue weighted by atomic mass is 16.3. The summed E-state index contributed by atoms with van der Waals surface area (Å²) in [5, 5.41) is 16.5. The van der Waals surface area contributed by atoms with E-state index in [1.165, 1.54) is 45.1 Å². The van der Waals surface area contributed by atoms with Gasteiger partial charge in [-0.05, 0) is 44.1 Å². The molecular weight excluding hydrogens is 212 g/mol. The summed E-state index contributed by atoms with van der Waals surface area (Å²) in [6, 6.07) is 1.42. The number of hydrogen-bond acceptors (Lipinski definition) is 3. The van der Waals surface area contributed by atoms with Crippen molar-refractivity contribution in [2.75, 3.05) is 19.7 Å². The molecular formula is C14H28N2O. The predicted molar refractivity (Wildman–Crippen MR) is 71.0 cm³/mol. The quantitative estimate of drug-likeness (QED) is 0.682. The van der Waals surface area contributed by atoms with Crippen LogP contribution in [-0.4, -0.2) is 36.9 Å². The van der Waals surface area contributed by atoms with Crippen LogP contribution in [0.4, 0.5) is 0 Å². The molecule has 17 heavy (non-hydrogen) atoms. The average Bonchev–Trinajstić information content (AvgIpc) is 2.90. The first-order chi connectivity index (χ1) is 8.31. The van der Waals surface area contributed by atoms with Crippen LogP contribution in [-0.2, 0) is 0 Å². The largest absolute Gasteiger partial charge is 0.396 e. The lowest BCUT2D eigenvalue weighted by Gasteiger charge is -2.37. The summed E-state index contributed by atoms with van der Waals surface area (Å²) >= 11 is 0. The summed E-state index contributed by atoms with van der Waals surface area (Å²) in [5.74, 6) is 1.20. The summed E-state index contributed by atoms with van der Waals surface area (Å²) in [6.07, 6.45) is 8.17. The molecule has 0 aromatic carbocycles. The Morgan fingerprint density at radius 1 is 1.24 bits per heavy atom. The van der Waals surface area contributed by atoms with Gasteiger partial charge >= 0.3 is 0 Å². The lowest BCUT2D eigenvalue weighted by molar-refractivity contribution is 0.189. The van der Waals surface area contributed by atoms with Crippen molar-refractivity contribution in [1.29, 1.82) is 0 Å². The average molecular weight is 240 g/mol. The van der Waals surface area contributed by atoms with Gasteiger partial charge in [0.25, 0.3) is 0 Å². The zero-order valence-corrected chi connectivity index (χ0v) is 11.1. The summed E-state index contributed by atoms with van der Waals surface area (Å²) in [4.78, 5) is 0. The molecule has 0 spiro atoms. The van der Waals surface area contributed by atoms with Gasteiger partial charge in [0, 0.05) is 25.2 Å². The van der Waals surface area contributed by atoms with Gasteiger partial charge in [-0.3, -0.25) is 0 Å². The molecule has 0 aromatic rings. The zero-order chi connectivity index (χ0) is 12.1. The summed E-state index contributed by atoms with van der Waals surface area (Å²) in [5.41, 5.74) is 0. The van der Waals surface area contributed by atoms with E-state index in [0.717, 1.165) is 18.5 Å². The van der Waals surface area contributed by atoms with E-state index in [0.29, 0.717) is 18.6 Å². The van der Waals surface area contributed by atoms with E-state index in [4.69, 9.17) is 5.11 Å². The van der Waals surface area contributed by atoms with Crippen LogP contribution >= 0.6 is 0 Å². The third-order valence-electron chi connectivity index (χ3n) is 4.47. The van der Waals surface area contributed by atoms with Gasteiger partial charge in [-0.2, -0.15) is 0 Å². The number of rotatable bonds is 5. The number of aliphatic hydroxyl groups is 1. The second-order valence-electron chi connectivity index (χ2n) is 5.95. The van der Waals surface area contributed by atoms with Crippen LogP contribution < -0.4 is 10.6 Å². The lowest BCUT2D eigenvalue weighted by atomic mass is 9.79. The minimum Gasteiger partial charge on any atom is -0.396 e. The normalized spacial score (nSPS) is 36.0. The highest BCUT2D eigenvalue weighted by Gasteiger charge is 2.32. The highest BCUT2D eigenvalue weighted by Crippen LogP contribution is 2.30. The zero-order valence-electron chi connectivity index (χ0n) is 11.1. The van der Waals surface area contributed by atoms with Gasteiger partial charge in [-0.15, -0.1) is 0 Å². The lowest BCUT2D eigenvalue weighted by Crippen LogP contribution is -2.48. The van der Waals surface area contributed by atoms with E-state index in [1.807, 2.05) is 0 Å². The first-order valence-electron chi connectivity index (χ1n) is 7.39. The minimum atomic E-state index is 0.298. The fourth-order valence-corrected chi connectivity index (χ4v) is 3.39. The Balaban J connectivity index is 1.83. The molecule has 1 saturated carbocycles. The Hall–Kier alpha value is -0.120. The molecule has 2 rings (SSSR count). The molecule has 3 N–H and O–H groups in total. The molecule has 0 aromatic heterocycles. The second-order valence-corrected chi connectivity index (χ2v) is 5.95. The molecule has 2 fully saturated rings. The van der Waals surface area contributed by atoms with Crippen LogP contribution in [0.2, 0.25) is 0 Å². The third-order valence-corrected chi connectivity index (χ3v) is 4.47. The van der Waals surface area contributed by atoms with Crippen LogP contribution in [0.15, 0.2) is 0 Å². The molecule has 4 atom stereocenters. The van der Waals surface area contributed by atoms with Crippen molar-refractivity contribution >= 4 is 0 Å². The van der Waals surface area contributed by atoms with E-state index in [2.05, 4.69) is 17.6 Å². The van der Waals surface area contributed by atoms with Crippen molar-refractivity contribution < 1.29 is 5.11 Å². The smallest absolute Gasteiger partial charge is 0.0468 e. The first-order valence-corrected chi connectivity index (χ1v) is 7.39. The monoisotopic (exact) mass is 240 g/mol. The first kappa shape index (κ1) is 13.3. The molecule has 3 heteroatoms. The Kier molecular flexibility index (Phi) is 5.26. The highest BCUT2D eigenvalue weighted by molar-refractivity contribution is 4.91. The standard InChI is InChI=1S/C14H28N2O/c1-11(10-17)9-16-14-6-3-2-5-12(14)13-7-4-8-15-13/h11-17H,2-10H2,1H3. The van der Waals surface area contributed by atoms with Crippen LogP contribution in [0.5, 0.6) is 0 Å². The molecule has 0 bridgehead atoms. The van der Waals surface area contributed by atoms with Crippen molar-refractivity contribution in [3.05, 3.63) is 0 Å². The maximum atomic E-state index is 9.09. The van der Waals surface area contributed by atoms with Gasteiger partial charge in [0.05, 0.1) is 0 Å². The Labute approximate surface area is 105 Å². The molecule has 1 aliphatic heterocycles. The van der Waals surface area contributed by atoms with Crippen molar-refractivity contribution in [3.8, 4) is 0 Å². The Morgan fingerprint density at radius 3 is 2.76 bits per heavy atom. The van der Waals surface area contributed by atoms with Crippen LogP contribution in [0.1, 0.15) is 45.4 Å². The van der Waals surface area contributed by atoms with Crippen LogP contribution in [0.25, 0.3) is 0 Å². The van der Waals surface area contributed by atoms with E-state index in [1.54, 1.807) is 0 Å². The SMILES string of the molecule is CC(CO)CNC1CCCCC1C1CCCN1. The predicted octanol–water partition coefficient (Wildman–Crippen LogP) is 1.52. The molecule has 2 aliphatic rings. The van der Waals surface area contributed by atoms with Gasteiger partial charge in [0.15, 0.2) is 0 Å². The molecule has 4 unspecified atom stereocenters. The molecule has 0 radical (unpaired) electrons. The van der Waals surface area contributed by atoms with Gasteiger partial charge in [0.1, 0.15) is 0 Å². The third kappa shape index (κ3) is 3.67. The second kappa shape index (κ2) is 6.72. The minimum absolute atomic E-state index is 0.298. The van der Waals surface area contributed by atoms with Crippen molar-refractivity contribution in [2.24, 2.45) is 11.8 Å². The number of nitrogens with one attached hydrogen (secondary N) is 2. The summed E-state index contributed by atoms with van der Waals surface area (Å²) in [7, 11) is 0. The molecule has 3 nitrogen and oxygen atoms in total. The van der Waals surface area contributed by atoms with Crippen molar-refractivity contribution in [3.63, 3.8) is 0 Å². The van der Waals surface area contributed by atoms with E-state index in [9.17, 15) is 0 Å². The number of aliphatic hydroxyl groups excluding tert-OH is 1. The van der Waals surface area contributed by atoms with Gasteiger partial charge in [0.2, 0.25) is 0 Å². The van der Waals surface area contributed by atoms with Crippen molar-refractivity contribution in [2.45, 2.75) is 57.5 Å². The van der Waals surface area contributed by atoms with Crippen molar-refractivity contribution in [1.82, 2.24) is 10.6 Å². The van der Waals surface area contributed by atoms with Crippen LogP contribution in [0.3, 0.4) is 0 Å².